The second kappa shape index (κ2) is 6.76. The standard InChI is InChI=1S/C15H17IN2O2S/c1-2-15(17)11-5-3-8-14(9-11)21(19,20)18-13-7-4-6-12(16)10-13/h3-10,15,18H,2,17H2,1H3. The lowest BCUT2D eigenvalue weighted by atomic mass is 10.1. The van der Waals surface area contributed by atoms with E-state index in [1.54, 1.807) is 30.3 Å². The molecule has 3 N–H and O–H groups in total. The summed E-state index contributed by atoms with van der Waals surface area (Å²) in [5.41, 5.74) is 7.33. The number of hydrogen-bond acceptors (Lipinski definition) is 3. The minimum Gasteiger partial charge on any atom is -0.324 e. The Morgan fingerprint density at radius 3 is 2.57 bits per heavy atom. The van der Waals surface area contributed by atoms with Crippen molar-refractivity contribution in [1.29, 1.82) is 0 Å². The van der Waals surface area contributed by atoms with Crippen molar-refractivity contribution >= 4 is 38.3 Å². The quantitative estimate of drug-likeness (QED) is 0.733. The van der Waals surface area contributed by atoms with E-state index in [9.17, 15) is 8.42 Å². The van der Waals surface area contributed by atoms with Crippen LogP contribution in [-0.2, 0) is 10.0 Å². The van der Waals surface area contributed by atoms with Crippen LogP contribution in [0, 0.1) is 3.57 Å². The van der Waals surface area contributed by atoms with Gasteiger partial charge in [0.25, 0.3) is 10.0 Å². The van der Waals surface area contributed by atoms with Gasteiger partial charge in [0.2, 0.25) is 0 Å². The monoisotopic (exact) mass is 416 g/mol. The van der Waals surface area contributed by atoms with Crippen molar-refractivity contribution in [2.24, 2.45) is 5.73 Å². The summed E-state index contributed by atoms with van der Waals surface area (Å²) in [6, 6.07) is 13.8. The predicted octanol–water partition coefficient (Wildman–Crippen LogP) is 3.50. The highest BCUT2D eigenvalue weighted by atomic mass is 127. The lowest BCUT2D eigenvalue weighted by Gasteiger charge is -2.12. The minimum atomic E-state index is -3.60. The molecule has 2 rings (SSSR count). The molecule has 2 aromatic carbocycles. The van der Waals surface area contributed by atoms with Crippen molar-refractivity contribution in [3.63, 3.8) is 0 Å². The summed E-state index contributed by atoms with van der Waals surface area (Å²) in [7, 11) is -3.60. The third-order valence-electron chi connectivity index (χ3n) is 3.11. The summed E-state index contributed by atoms with van der Waals surface area (Å²) in [6.07, 6.45) is 0.758. The molecule has 21 heavy (non-hydrogen) atoms. The molecule has 0 bridgehead atoms. The normalized spacial score (nSPS) is 12.9. The highest BCUT2D eigenvalue weighted by molar-refractivity contribution is 14.1. The molecular weight excluding hydrogens is 399 g/mol. The number of halogens is 1. The summed E-state index contributed by atoms with van der Waals surface area (Å²) >= 11 is 2.14. The summed E-state index contributed by atoms with van der Waals surface area (Å²) < 4.78 is 28.4. The van der Waals surface area contributed by atoms with Gasteiger partial charge >= 0.3 is 0 Å². The molecule has 112 valence electrons. The molecule has 0 spiro atoms. The van der Waals surface area contributed by atoms with Gasteiger partial charge in [-0.1, -0.05) is 25.1 Å². The molecule has 0 amide bonds. The van der Waals surface area contributed by atoms with Gasteiger partial charge in [-0.2, -0.15) is 0 Å². The Balaban J connectivity index is 2.31. The van der Waals surface area contributed by atoms with Crippen molar-refractivity contribution in [3.05, 3.63) is 57.7 Å². The molecule has 6 heteroatoms. The summed E-state index contributed by atoms with van der Waals surface area (Å²) in [6.45, 7) is 1.97. The molecule has 0 aliphatic carbocycles. The zero-order valence-corrected chi connectivity index (χ0v) is 14.6. The smallest absolute Gasteiger partial charge is 0.261 e. The van der Waals surface area contributed by atoms with E-state index in [4.69, 9.17) is 5.73 Å². The van der Waals surface area contributed by atoms with Crippen LogP contribution in [-0.4, -0.2) is 8.42 Å². The molecule has 1 unspecified atom stereocenters. The fourth-order valence-corrected chi connectivity index (χ4v) is 3.56. The van der Waals surface area contributed by atoms with Gasteiger partial charge in [0.05, 0.1) is 4.90 Å². The van der Waals surface area contributed by atoms with E-state index in [1.165, 1.54) is 0 Å². The molecule has 0 saturated carbocycles. The van der Waals surface area contributed by atoms with Crippen molar-refractivity contribution in [3.8, 4) is 0 Å². The largest absolute Gasteiger partial charge is 0.324 e. The van der Waals surface area contributed by atoms with Crippen LogP contribution in [0.3, 0.4) is 0 Å². The zero-order chi connectivity index (χ0) is 15.5. The first-order chi connectivity index (χ1) is 9.92. The number of nitrogens with one attached hydrogen (secondary N) is 1. The van der Waals surface area contributed by atoms with E-state index in [0.717, 1.165) is 15.6 Å². The van der Waals surface area contributed by atoms with Crippen molar-refractivity contribution in [2.45, 2.75) is 24.3 Å². The van der Waals surface area contributed by atoms with E-state index in [0.29, 0.717) is 5.69 Å². The van der Waals surface area contributed by atoms with Crippen LogP contribution in [0.1, 0.15) is 24.9 Å². The fraction of sp³-hybridized carbons (Fsp3) is 0.200. The third-order valence-corrected chi connectivity index (χ3v) is 5.16. The molecule has 0 saturated heterocycles. The molecule has 2 aromatic rings. The third kappa shape index (κ3) is 4.18. The van der Waals surface area contributed by atoms with Crippen molar-refractivity contribution < 1.29 is 8.42 Å². The van der Waals surface area contributed by atoms with Gasteiger partial charge in [-0.05, 0) is 64.9 Å². The van der Waals surface area contributed by atoms with Crippen LogP contribution in [0.15, 0.2) is 53.4 Å². The van der Waals surface area contributed by atoms with Gasteiger partial charge in [0, 0.05) is 15.3 Å². The molecule has 4 nitrogen and oxygen atoms in total. The summed E-state index contributed by atoms with van der Waals surface area (Å²) in [5.74, 6) is 0. The summed E-state index contributed by atoms with van der Waals surface area (Å²) in [5, 5.41) is 0. The number of benzene rings is 2. The zero-order valence-electron chi connectivity index (χ0n) is 11.6. The average molecular weight is 416 g/mol. The SMILES string of the molecule is CCC(N)c1cccc(S(=O)(=O)Nc2cccc(I)c2)c1. The maximum atomic E-state index is 12.4. The number of sulfonamides is 1. The molecule has 0 fully saturated rings. The van der Waals surface area contributed by atoms with Gasteiger partial charge in [0.15, 0.2) is 0 Å². The second-order valence-electron chi connectivity index (χ2n) is 4.70. The molecule has 0 heterocycles. The molecule has 0 aliphatic rings. The van der Waals surface area contributed by atoms with Crippen molar-refractivity contribution in [1.82, 2.24) is 0 Å². The highest BCUT2D eigenvalue weighted by Crippen LogP contribution is 2.21. The lowest BCUT2D eigenvalue weighted by molar-refractivity contribution is 0.600. The Hall–Kier alpha value is -1.12. The van der Waals surface area contributed by atoms with Crippen LogP contribution in [0.2, 0.25) is 0 Å². The maximum Gasteiger partial charge on any atom is 0.261 e. The van der Waals surface area contributed by atoms with Crippen LogP contribution in [0.25, 0.3) is 0 Å². The predicted molar refractivity (Wildman–Crippen MR) is 93.6 cm³/mol. The minimum absolute atomic E-state index is 0.155. The van der Waals surface area contributed by atoms with Crippen molar-refractivity contribution in [2.75, 3.05) is 4.72 Å². The first-order valence-electron chi connectivity index (χ1n) is 6.56. The molecule has 0 radical (unpaired) electrons. The van der Waals surface area contributed by atoms with Crippen LogP contribution in [0.4, 0.5) is 5.69 Å². The second-order valence-corrected chi connectivity index (χ2v) is 7.63. The van der Waals surface area contributed by atoms with Gasteiger partial charge < -0.3 is 5.73 Å². The van der Waals surface area contributed by atoms with E-state index in [2.05, 4.69) is 27.3 Å². The van der Waals surface area contributed by atoms with Crippen LogP contribution < -0.4 is 10.5 Å². The van der Waals surface area contributed by atoms with Gasteiger partial charge in [-0.3, -0.25) is 4.72 Å². The number of anilines is 1. The van der Waals surface area contributed by atoms with Crippen LogP contribution >= 0.6 is 22.6 Å². The van der Waals surface area contributed by atoms with Gasteiger partial charge in [-0.15, -0.1) is 0 Å². The first-order valence-corrected chi connectivity index (χ1v) is 9.12. The Morgan fingerprint density at radius 1 is 1.19 bits per heavy atom. The Kier molecular flexibility index (Phi) is 5.23. The molecule has 0 aromatic heterocycles. The van der Waals surface area contributed by atoms with Crippen LogP contribution in [0.5, 0.6) is 0 Å². The Bertz CT molecular complexity index is 732. The topological polar surface area (TPSA) is 72.2 Å². The molecular formula is C15H17IN2O2S. The maximum absolute atomic E-state index is 12.4. The number of hydrogen-bond donors (Lipinski definition) is 2. The highest BCUT2D eigenvalue weighted by Gasteiger charge is 2.16. The molecule has 0 aliphatic heterocycles. The van der Waals surface area contributed by atoms with E-state index < -0.39 is 10.0 Å². The Morgan fingerprint density at radius 2 is 1.90 bits per heavy atom. The number of rotatable bonds is 5. The number of nitrogens with two attached hydrogens (primary N) is 1. The average Bonchev–Trinajstić information content (AvgIpc) is 2.46. The lowest BCUT2D eigenvalue weighted by Crippen LogP contribution is -2.15. The fourth-order valence-electron chi connectivity index (χ4n) is 1.91. The van der Waals surface area contributed by atoms with Gasteiger partial charge in [0.1, 0.15) is 0 Å². The first kappa shape index (κ1) is 16.3. The van der Waals surface area contributed by atoms with E-state index >= 15 is 0 Å². The summed E-state index contributed by atoms with van der Waals surface area (Å²) in [4.78, 5) is 0.225. The van der Waals surface area contributed by atoms with Gasteiger partial charge in [-0.25, -0.2) is 8.42 Å². The molecule has 1 atom stereocenters. The van der Waals surface area contributed by atoms with E-state index in [1.807, 2.05) is 25.1 Å². The van der Waals surface area contributed by atoms with E-state index in [-0.39, 0.29) is 10.9 Å². The Labute approximate surface area is 138 Å².